The number of carbonyl (C=O) groups is 1. The summed E-state index contributed by atoms with van der Waals surface area (Å²) in [5.41, 5.74) is -0.608. The third kappa shape index (κ3) is 5.09. The van der Waals surface area contributed by atoms with E-state index in [0.29, 0.717) is 22.8 Å². The summed E-state index contributed by atoms with van der Waals surface area (Å²) in [7, 11) is 0. The lowest BCUT2D eigenvalue weighted by atomic mass is 10.2. The Morgan fingerprint density at radius 2 is 1.90 bits per heavy atom. The van der Waals surface area contributed by atoms with Gasteiger partial charge in [0, 0.05) is 33.8 Å². The van der Waals surface area contributed by atoms with Crippen molar-refractivity contribution in [2.45, 2.75) is 12.4 Å². The number of alkyl halides is 6. The van der Waals surface area contributed by atoms with Crippen molar-refractivity contribution in [1.82, 2.24) is 25.3 Å². The number of amides is 1. The zero-order valence-corrected chi connectivity index (χ0v) is 15.4. The Balaban J connectivity index is 0.00000341. The molecule has 0 radical (unpaired) electrons. The molecule has 0 aliphatic heterocycles. The highest BCUT2D eigenvalue weighted by Gasteiger charge is 2.35. The normalized spacial score (nSPS) is 12.2. The molecule has 0 spiro atoms. The number of hydrogen-bond donors (Lipinski definition) is 3. The molecule has 0 saturated heterocycles. The van der Waals surface area contributed by atoms with Crippen LogP contribution >= 0.6 is 11.6 Å². The lowest BCUT2D eigenvalue weighted by Crippen LogP contribution is -2.37. The largest absolute Gasteiger partial charge is 0.421 e. The number of hydrogen-bond acceptors (Lipinski definition) is 5. The van der Waals surface area contributed by atoms with Crippen LogP contribution in [0.25, 0.3) is 22.4 Å². The van der Waals surface area contributed by atoms with Crippen LogP contribution in [0.15, 0.2) is 24.7 Å². The first-order valence-electron chi connectivity index (χ1n) is 8.08. The minimum Gasteiger partial charge on any atom is -0.360 e. The van der Waals surface area contributed by atoms with Crippen LogP contribution in [0.5, 0.6) is 0 Å². The maximum Gasteiger partial charge on any atom is 0.421 e. The molecule has 3 N–H and O–H groups in total. The van der Waals surface area contributed by atoms with Gasteiger partial charge in [-0.25, -0.2) is 15.0 Å². The quantitative estimate of drug-likeness (QED) is 0.489. The highest BCUT2D eigenvalue weighted by molar-refractivity contribution is 6.31. The number of H-pyrrole nitrogens is 1. The third-order valence-corrected chi connectivity index (χ3v) is 3.94. The van der Waals surface area contributed by atoms with Crippen molar-refractivity contribution in [1.29, 1.82) is 0 Å². The van der Waals surface area contributed by atoms with Crippen molar-refractivity contribution in [3.8, 4) is 11.4 Å². The molecule has 3 heterocycles. The SMILES string of the molecule is O=C(CNc1nc(-c2c[nH]c3ncc(Cl)cc23)ncc1C(F)(F)F)NCC(F)(F)F.[HH].[HH].[HH]. The number of halogens is 7. The Morgan fingerprint density at radius 3 is 2.57 bits per heavy atom. The summed E-state index contributed by atoms with van der Waals surface area (Å²) in [6.45, 7) is -2.48. The van der Waals surface area contributed by atoms with Gasteiger partial charge in [0.15, 0.2) is 5.82 Å². The molecule has 7 nitrogen and oxygen atoms in total. The second kappa shape index (κ2) is 7.97. The maximum absolute atomic E-state index is 13.3. The number of aromatic amines is 1. The van der Waals surface area contributed by atoms with E-state index in [-0.39, 0.29) is 15.1 Å². The Labute approximate surface area is 173 Å². The molecule has 1 amide bonds. The fraction of sp³-hybridized carbons (Fsp3) is 0.250. The van der Waals surface area contributed by atoms with Crippen LogP contribution in [0.2, 0.25) is 5.02 Å². The van der Waals surface area contributed by atoms with Crippen LogP contribution in [0.4, 0.5) is 32.2 Å². The van der Waals surface area contributed by atoms with Gasteiger partial charge in [-0.15, -0.1) is 0 Å². The zero-order valence-electron chi connectivity index (χ0n) is 14.6. The molecule has 3 aromatic heterocycles. The minimum absolute atomic E-state index is 0. The van der Waals surface area contributed by atoms with E-state index in [9.17, 15) is 31.1 Å². The average molecular weight is 459 g/mol. The van der Waals surface area contributed by atoms with Gasteiger partial charge in [-0.3, -0.25) is 4.79 Å². The van der Waals surface area contributed by atoms with Gasteiger partial charge >= 0.3 is 12.4 Å². The van der Waals surface area contributed by atoms with Gasteiger partial charge in [-0.05, 0) is 6.07 Å². The van der Waals surface area contributed by atoms with Gasteiger partial charge in [0.1, 0.15) is 23.6 Å². The molecule has 14 heteroatoms. The fourth-order valence-corrected chi connectivity index (χ4v) is 2.60. The summed E-state index contributed by atoms with van der Waals surface area (Å²) >= 11 is 5.89. The monoisotopic (exact) mass is 458 g/mol. The van der Waals surface area contributed by atoms with Crippen molar-refractivity contribution in [3.05, 3.63) is 35.2 Å². The van der Waals surface area contributed by atoms with E-state index < -0.39 is 42.7 Å². The first-order chi connectivity index (χ1) is 13.9. The van der Waals surface area contributed by atoms with Gasteiger partial charge in [0.05, 0.1) is 11.6 Å². The van der Waals surface area contributed by atoms with E-state index in [4.69, 9.17) is 11.6 Å². The van der Waals surface area contributed by atoms with Crippen LogP contribution in [-0.2, 0) is 11.0 Å². The van der Waals surface area contributed by atoms with Gasteiger partial charge in [0.25, 0.3) is 0 Å². The second-order valence-electron chi connectivity index (χ2n) is 5.95. The molecular formula is C16H17ClF6N6O. The van der Waals surface area contributed by atoms with Crippen LogP contribution in [0, 0.1) is 0 Å². The predicted molar refractivity (Wildman–Crippen MR) is 101 cm³/mol. The average Bonchev–Trinajstić information content (AvgIpc) is 3.06. The number of anilines is 1. The van der Waals surface area contributed by atoms with E-state index in [1.54, 1.807) is 5.32 Å². The summed E-state index contributed by atoms with van der Waals surface area (Å²) in [4.78, 5) is 25.9. The molecule has 0 unspecified atom stereocenters. The molecule has 166 valence electrons. The zero-order chi connectivity index (χ0) is 22.1. The van der Waals surface area contributed by atoms with E-state index in [2.05, 4.69) is 25.3 Å². The maximum atomic E-state index is 13.3. The molecule has 0 atom stereocenters. The third-order valence-electron chi connectivity index (χ3n) is 3.74. The summed E-state index contributed by atoms with van der Waals surface area (Å²) < 4.78 is 76.2. The standard InChI is InChI=1S/C16H11ClF6N6O.3H2/c17-7-1-8-9(3-25-12(8)24-2-7)13-26-4-10(16(21,22)23)14(29-13)27-5-11(30)28-6-15(18,19)20;;;/h1-4H,5-6H2,(H,24,25)(H,28,30)(H,26,27,29);3*1H. The predicted octanol–water partition coefficient (Wildman–Crippen LogP) is 4.52. The van der Waals surface area contributed by atoms with Crippen LogP contribution < -0.4 is 10.6 Å². The summed E-state index contributed by atoms with van der Waals surface area (Å²) in [6.07, 6.45) is -6.23. The lowest BCUT2D eigenvalue weighted by molar-refractivity contribution is -0.138. The summed E-state index contributed by atoms with van der Waals surface area (Å²) in [5.74, 6) is -2.07. The minimum atomic E-state index is -4.87. The van der Waals surface area contributed by atoms with Crippen molar-refractivity contribution >= 4 is 34.4 Å². The lowest BCUT2D eigenvalue weighted by Gasteiger charge is -2.14. The molecule has 0 aromatic carbocycles. The Morgan fingerprint density at radius 1 is 1.17 bits per heavy atom. The van der Waals surface area contributed by atoms with E-state index in [1.165, 1.54) is 18.5 Å². The van der Waals surface area contributed by atoms with Crippen molar-refractivity contribution in [2.24, 2.45) is 0 Å². The van der Waals surface area contributed by atoms with Crippen LogP contribution in [0.1, 0.15) is 9.84 Å². The Hall–Kier alpha value is -3.09. The molecule has 3 rings (SSSR count). The van der Waals surface area contributed by atoms with E-state index >= 15 is 0 Å². The van der Waals surface area contributed by atoms with Crippen molar-refractivity contribution in [2.75, 3.05) is 18.4 Å². The van der Waals surface area contributed by atoms with E-state index in [1.807, 2.05) is 0 Å². The molecule has 0 aliphatic carbocycles. The molecule has 30 heavy (non-hydrogen) atoms. The van der Waals surface area contributed by atoms with Crippen LogP contribution in [0.3, 0.4) is 0 Å². The number of aromatic nitrogens is 4. The Bertz CT molecular complexity index is 1090. The van der Waals surface area contributed by atoms with Gasteiger partial charge in [-0.1, -0.05) is 11.6 Å². The topological polar surface area (TPSA) is 95.6 Å². The van der Waals surface area contributed by atoms with Crippen molar-refractivity contribution < 1.29 is 35.4 Å². The number of fused-ring (bicyclic) bond motifs is 1. The first-order valence-corrected chi connectivity index (χ1v) is 8.46. The molecule has 0 fully saturated rings. The van der Waals surface area contributed by atoms with Gasteiger partial charge in [0.2, 0.25) is 5.91 Å². The molecule has 0 aliphatic rings. The number of nitrogens with one attached hydrogen (secondary N) is 3. The highest BCUT2D eigenvalue weighted by atomic mass is 35.5. The van der Waals surface area contributed by atoms with Gasteiger partial charge < -0.3 is 15.6 Å². The number of pyridine rings is 1. The molecule has 0 bridgehead atoms. The summed E-state index contributed by atoms with van der Waals surface area (Å²) in [6, 6.07) is 1.51. The van der Waals surface area contributed by atoms with Crippen LogP contribution in [-0.4, -0.2) is 45.1 Å². The number of nitrogens with zero attached hydrogens (tertiary/aromatic N) is 3. The van der Waals surface area contributed by atoms with Gasteiger partial charge in [-0.2, -0.15) is 26.3 Å². The molecule has 0 saturated carbocycles. The summed E-state index contributed by atoms with van der Waals surface area (Å²) in [5, 5.41) is 4.37. The molecular weight excluding hydrogens is 442 g/mol. The van der Waals surface area contributed by atoms with E-state index in [0.717, 1.165) is 0 Å². The Kier molecular flexibility index (Phi) is 5.74. The second-order valence-corrected chi connectivity index (χ2v) is 6.39. The smallest absolute Gasteiger partial charge is 0.360 e. The first kappa shape index (κ1) is 21.6. The number of carbonyl (C=O) groups excluding carboxylic acids is 1. The fourth-order valence-electron chi connectivity index (χ4n) is 2.44. The number of rotatable bonds is 5. The highest BCUT2D eigenvalue weighted by Crippen LogP contribution is 2.35. The van der Waals surface area contributed by atoms with Crippen molar-refractivity contribution in [3.63, 3.8) is 0 Å². The molecule has 3 aromatic rings.